The summed E-state index contributed by atoms with van der Waals surface area (Å²) < 4.78 is 0. The lowest BCUT2D eigenvalue weighted by Gasteiger charge is -2.31. The predicted molar refractivity (Wildman–Crippen MR) is 78.2 cm³/mol. The maximum absolute atomic E-state index is 5.71. The molecule has 1 fully saturated rings. The zero-order chi connectivity index (χ0) is 13.1. The molecule has 0 bridgehead atoms. The molecule has 102 valence electrons. The Bertz CT molecular complexity index is 382. The van der Waals surface area contributed by atoms with Gasteiger partial charge in [0.15, 0.2) is 5.13 Å². The molecule has 5 heteroatoms. The molecule has 1 aliphatic heterocycles. The van der Waals surface area contributed by atoms with Crippen LogP contribution in [0.1, 0.15) is 23.4 Å². The van der Waals surface area contributed by atoms with Gasteiger partial charge in [-0.1, -0.05) is 0 Å². The second-order valence-electron chi connectivity index (χ2n) is 5.34. The van der Waals surface area contributed by atoms with Crippen LogP contribution < -0.4 is 10.6 Å². The molecular formula is C13H24N4S. The van der Waals surface area contributed by atoms with Gasteiger partial charge >= 0.3 is 0 Å². The highest BCUT2D eigenvalue weighted by Crippen LogP contribution is 2.26. The number of aromatic nitrogens is 1. The van der Waals surface area contributed by atoms with Crippen LogP contribution >= 0.6 is 11.3 Å². The van der Waals surface area contributed by atoms with E-state index in [1.54, 1.807) is 11.3 Å². The van der Waals surface area contributed by atoms with Crippen molar-refractivity contribution in [3.63, 3.8) is 0 Å². The molecule has 0 radical (unpaired) electrons. The fraction of sp³-hybridized carbons (Fsp3) is 0.769. The first-order valence-electron chi connectivity index (χ1n) is 6.66. The quantitative estimate of drug-likeness (QED) is 0.902. The van der Waals surface area contributed by atoms with E-state index in [4.69, 9.17) is 5.73 Å². The molecule has 0 spiro atoms. The Morgan fingerprint density at radius 2 is 2.11 bits per heavy atom. The van der Waals surface area contributed by atoms with Crippen molar-refractivity contribution in [3.05, 3.63) is 10.6 Å². The molecular weight excluding hydrogens is 244 g/mol. The van der Waals surface area contributed by atoms with Gasteiger partial charge in [0.05, 0.1) is 5.69 Å². The molecule has 2 N–H and O–H groups in total. The minimum absolute atomic E-state index is 0.603. The van der Waals surface area contributed by atoms with Gasteiger partial charge in [-0.2, -0.15) is 0 Å². The molecule has 0 amide bonds. The standard InChI is InChI=1S/C13H24N4S/c1-10-12(8-14)18-13(15-10)17(3)9-11-4-6-16(2)7-5-11/h11H,4-9,14H2,1-3H3. The molecule has 1 aliphatic rings. The molecule has 2 rings (SSSR count). The van der Waals surface area contributed by atoms with E-state index in [-0.39, 0.29) is 0 Å². The van der Waals surface area contributed by atoms with Crippen LogP contribution in [0.2, 0.25) is 0 Å². The maximum Gasteiger partial charge on any atom is 0.185 e. The Labute approximate surface area is 114 Å². The molecule has 0 atom stereocenters. The lowest BCUT2D eigenvalue weighted by Crippen LogP contribution is -2.35. The number of nitrogens with zero attached hydrogens (tertiary/aromatic N) is 3. The summed E-state index contributed by atoms with van der Waals surface area (Å²) in [6.45, 7) is 6.22. The molecule has 4 nitrogen and oxygen atoms in total. The molecule has 18 heavy (non-hydrogen) atoms. The summed E-state index contributed by atoms with van der Waals surface area (Å²) in [6.07, 6.45) is 2.60. The van der Waals surface area contributed by atoms with Crippen molar-refractivity contribution in [2.75, 3.05) is 38.6 Å². The molecule has 0 unspecified atom stereocenters. The Hall–Kier alpha value is -0.650. The van der Waals surface area contributed by atoms with E-state index < -0.39 is 0 Å². The van der Waals surface area contributed by atoms with Gasteiger partial charge in [0.25, 0.3) is 0 Å². The highest BCUT2D eigenvalue weighted by molar-refractivity contribution is 7.15. The van der Waals surface area contributed by atoms with Gasteiger partial charge in [-0.05, 0) is 45.8 Å². The summed E-state index contributed by atoms with van der Waals surface area (Å²) in [5.41, 5.74) is 6.80. The first-order chi connectivity index (χ1) is 8.60. The largest absolute Gasteiger partial charge is 0.351 e. The number of likely N-dealkylation sites (tertiary alicyclic amines) is 1. The normalized spacial score (nSPS) is 18.2. The second-order valence-corrected chi connectivity index (χ2v) is 6.40. The SMILES string of the molecule is Cc1nc(N(C)CC2CCN(C)CC2)sc1CN. The minimum Gasteiger partial charge on any atom is -0.351 e. The molecule has 0 aromatic carbocycles. The van der Waals surface area contributed by atoms with Crippen LogP contribution in [0, 0.1) is 12.8 Å². The van der Waals surface area contributed by atoms with Gasteiger partial charge in [-0.3, -0.25) is 0 Å². The molecule has 0 saturated carbocycles. The summed E-state index contributed by atoms with van der Waals surface area (Å²) in [4.78, 5) is 10.5. The van der Waals surface area contributed by atoms with E-state index in [1.165, 1.54) is 30.8 Å². The topological polar surface area (TPSA) is 45.4 Å². The zero-order valence-electron chi connectivity index (χ0n) is 11.6. The summed E-state index contributed by atoms with van der Waals surface area (Å²) in [5.74, 6) is 0.803. The highest BCUT2D eigenvalue weighted by atomic mass is 32.1. The molecule has 1 saturated heterocycles. The van der Waals surface area contributed by atoms with Crippen molar-refractivity contribution in [1.82, 2.24) is 9.88 Å². The summed E-state index contributed by atoms with van der Waals surface area (Å²) in [5, 5.41) is 1.12. The Morgan fingerprint density at radius 1 is 1.44 bits per heavy atom. The average Bonchev–Trinajstić information content (AvgIpc) is 2.73. The average molecular weight is 268 g/mol. The summed E-state index contributed by atoms with van der Waals surface area (Å²) in [7, 11) is 4.36. The van der Waals surface area contributed by atoms with Crippen LogP contribution in [0.25, 0.3) is 0 Å². The van der Waals surface area contributed by atoms with Gasteiger partial charge < -0.3 is 15.5 Å². The third-order valence-electron chi connectivity index (χ3n) is 3.76. The number of hydrogen-bond acceptors (Lipinski definition) is 5. The molecule has 1 aromatic rings. The summed E-state index contributed by atoms with van der Waals surface area (Å²) >= 11 is 1.74. The minimum atomic E-state index is 0.603. The number of thiazole rings is 1. The van der Waals surface area contributed by atoms with E-state index in [1.807, 2.05) is 6.92 Å². The van der Waals surface area contributed by atoms with Crippen molar-refractivity contribution in [1.29, 1.82) is 0 Å². The predicted octanol–water partition coefficient (Wildman–Crippen LogP) is 1.69. The van der Waals surface area contributed by atoms with E-state index in [2.05, 4.69) is 28.9 Å². The number of hydrogen-bond donors (Lipinski definition) is 1. The number of nitrogens with two attached hydrogens (primary N) is 1. The van der Waals surface area contributed by atoms with Crippen LogP contribution in [-0.4, -0.2) is 43.6 Å². The van der Waals surface area contributed by atoms with Crippen molar-refractivity contribution >= 4 is 16.5 Å². The van der Waals surface area contributed by atoms with E-state index in [9.17, 15) is 0 Å². The smallest absolute Gasteiger partial charge is 0.185 e. The first-order valence-corrected chi connectivity index (χ1v) is 7.48. The van der Waals surface area contributed by atoms with Crippen molar-refractivity contribution < 1.29 is 0 Å². The zero-order valence-corrected chi connectivity index (χ0v) is 12.5. The van der Waals surface area contributed by atoms with Gasteiger partial charge in [0.2, 0.25) is 0 Å². The maximum atomic E-state index is 5.71. The number of anilines is 1. The van der Waals surface area contributed by atoms with Crippen molar-refractivity contribution in [3.8, 4) is 0 Å². The van der Waals surface area contributed by atoms with Crippen molar-refractivity contribution in [2.24, 2.45) is 11.7 Å². The third-order valence-corrected chi connectivity index (χ3v) is 5.06. The number of piperidine rings is 1. The Balaban J connectivity index is 1.92. The highest BCUT2D eigenvalue weighted by Gasteiger charge is 2.19. The Kier molecular flexibility index (Phi) is 4.59. The van der Waals surface area contributed by atoms with E-state index >= 15 is 0 Å². The summed E-state index contributed by atoms with van der Waals surface area (Å²) in [6, 6.07) is 0. The van der Waals surface area contributed by atoms with Crippen LogP contribution in [0.15, 0.2) is 0 Å². The molecule has 0 aliphatic carbocycles. The van der Waals surface area contributed by atoms with Crippen LogP contribution in [0.4, 0.5) is 5.13 Å². The first kappa shape index (κ1) is 13.8. The fourth-order valence-corrected chi connectivity index (χ4v) is 3.39. The lowest BCUT2D eigenvalue weighted by atomic mass is 9.97. The fourth-order valence-electron chi connectivity index (χ4n) is 2.48. The third kappa shape index (κ3) is 3.22. The molecule has 2 heterocycles. The second kappa shape index (κ2) is 5.99. The number of rotatable bonds is 4. The van der Waals surface area contributed by atoms with Gasteiger partial charge in [-0.25, -0.2) is 4.98 Å². The van der Waals surface area contributed by atoms with Gasteiger partial charge in [-0.15, -0.1) is 11.3 Å². The lowest BCUT2D eigenvalue weighted by molar-refractivity contribution is 0.222. The number of aryl methyl sites for hydroxylation is 1. The van der Waals surface area contributed by atoms with Crippen LogP contribution in [-0.2, 0) is 6.54 Å². The van der Waals surface area contributed by atoms with Crippen LogP contribution in [0.3, 0.4) is 0 Å². The van der Waals surface area contributed by atoms with Crippen molar-refractivity contribution in [2.45, 2.75) is 26.3 Å². The molecule has 1 aromatic heterocycles. The van der Waals surface area contributed by atoms with Gasteiger partial charge in [0.1, 0.15) is 0 Å². The monoisotopic (exact) mass is 268 g/mol. The van der Waals surface area contributed by atoms with Crippen LogP contribution in [0.5, 0.6) is 0 Å². The Morgan fingerprint density at radius 3 is 2.67 bits per heavy atom. The van der Waals surface area contributed by atoms with E-state index in [0.29, 0.717) is 6.54 Å². The van der Waals surface area contributed by atoms with E-state index in [0.717, 1.165) is 23.3 Å². The van der Waals surface area contributed by atoms with Gasteiger partial charge in [0, 0.05) is 25.0 Å².